The molecule has 1 heterocycles. The summed E-state index contributed by atoms with van der Waals surface area (Å²) >= 11 is 0. The molecule has 0 aliphatic carbocycles. The summed E-state index contributed by atoms with van der Waals surface area (Å²) in [6, 6.07) is 57.3. The van der Waals surface area contributed by atoms with Crippen molar-refractivity contribution >= 4 is 75.8 Å². The summed E-state index contributed by atoms with van der Waals surface area (Å²) in [5.74, 6) is 0. The molecule has 1 aromatic heterocycles. The van der Waals surface area contributed by atoms with Gasteiger partial charge < -0.3 is 4.42 Å². The van der Waals surface area contributed by atoms with Gasteiger partial charge in [-0.25, -0.2) is 0 Å². The summed E-state index contributed by atoms with van der Waals surface area (Å²) in [7, 11) is 0. The maximum atomic E-state index is 6.91. The molecule has 0 aliphatic heterocycles. The molecule has 0 saturated carbocycles. The molecule has 0 N–H and O–H groups in total. The molecule has 208 valence electrons. The van der Waals surface area contributed by atoms with Gasteiger partial charge in [-0.2, -0.15) is 0 Å². The topological polar surface area (TPSA) is 13.1 Å². The fraction of sp³-hybridized carbons (Fsp3) is 0. The Balaban J connectivity index is 1.43. The number of fused-ring (bicyclic) bond motifs is 10. The molecule has 0 unspecified atom stereocenters. The molecule has 1 nitrogen and oxygen atoms in total. The van der Waals surface area contributed by atoms with E-state index >= 15 is 0 Å². The van der Waals surface area contributed by atoms with Gasteiger partial charge in [0.1, 0.15) is 11.2 Å². The molecule has 0 amide bonds. The van der Waals surface area contributed by atoms with Gasteiger partial charge >= 0.3 is 0 Å². The Kier molecular flexibility index (Phi) is 5.06. The lowest BCUT2D eigenvalue weighted by atomic mass is 9.83. The van der Waals surface area contributed by atoms with Gasteiger partial charge in [0.05, 0.1) is 0 Å². The van der Waals surface area contributed by atoms with Gasteiger partial charge in [-0.05, 0) is 77.5 Å². The van der Waals surface area contributed by atoms with Gasteiger partial charge in [0.2, 0.25) is 0 Å². The van der Waals surface area contributed by atoms with E-state index in [4.69, 9.17) is 4.42 Å². The standard InChI is InChI=1S/C44H26O/c1-4-16-30-27(12-1)15-11-23-33(30)40-34-19-7-9-21-36(34)41(37-22-10-8-20-35(37)40)39-26-29-14-3-6-18-32(29)44-42(39)38-25-24-28-13-2-5-17-31(28)43(38)45-44/h1-26H. The number of hydrogen-bond donors (Lipinski definition) is 0. The molecule has 0 radical (unpaired) electrons. The smallest absolute Gasteiger partial charge is 0.143 e. The van der Waals surface area contributed by atoms with Crippen molar-refractivity contribution in [3.8, 4) is 22.3 Å². The minimum absolute atomic E-state index is 0.945. The Bertz CT molecular complexity index is 2750. The maximum absolute atomic E-state index is 6.91. The highest BCUT2D eigenvalue weighted by Gasteiger charge is 2.23. The number of benzene rings is 9. The Morgan fingerprint density at radius 1 is 0.289 bits per heavy atom. The summed E-state index contributed by atoms with van der Waals surface area (Å²) in [6.45, 7) is 0. The first-order valence-electron chi connectivity index (χ1n) is 15.5. The average Bonchev–Trinajstić information content (AvgIpc) is 3.51. The van der Waals surface area contributed by atoms with E-state index in [-0.39, 0.29) is 0 Å². The van der Waals surface area contributed by atoms with Crippen LogP contribution in [0.3, 0.4) is 0 Å². The molecule has 0 saturated heterocycles. The highest BCUT2D eigenvalue weighted by atomic mass is 16.3. The first-order valence-corrected chi connectivity index (χ1v) is 15.5. The van der Waals surface area contributed by atoms with Crippen molar-refractivity contribution in [2.45, 2.75) is 0 Å². The van der Waals surface area contributed by atoms with E-state index < -0.39 is 0 Å². The maximum Gasteiger partial charge on any atom is 0.143 e. The fourth-order valence-electron chi connectivity index (χ4n) is 7.69. The van der Waals surface area contributed by atoms with Crippen molar-refractivity contribution in [2.24, 2.45) is 0 Å². The van der Waals surface area contributed by atoms with Crippen molar-refractivity contribution in [2.75, 3.05) is 0 Å². The van der Waals surface area contributed by atoms with Gasteiger partial charge in [-0.3, -0.25) is 0 Å². The van der Waals surface area contributed by atoms with Crippen LogP contribution in [0.25, 0.3) is 98.1 Å². The molecule has 0 aliphatic rings. The second-order valence-electron chi connectivity index (χ2n) is 12.0. The van der Waals surface area contributed by atoms with Crippen LogP contribution >= 0.6 is 0 Å². The molecule has 0 fully saturated rings. The van der Waals surface area contributed by atoms with Crippen LogP contribution in [-0.4, -0.2) is 0 Å². The highest BCUT2D eigenvalue weighted by molar-refractivity contribution is 6.30. The van der Waals surface area contributed by atoms with Gasteiger partial charge in [0.15, 0.2) is 0 Å². The van der Waals surface area contributed by atoms with Crippen LogP contribution in [0, 0.1) is 0 Å². The lowest BCUT2D eigenvalue weighted by molar-refractivity contribution is 0.676. The zero-order valence-electron chi connectivity index (χ0n) is 24.4. The normalized spacial score (nSPS) is 12.0. The predicted octanol–water partition coefficient (Wildman–Crippen LogP) is 12.7. The summed E-state index contributed by atoms with van der Waals surface area (Å²) in [5, 5.41) is 14.5. The first kappa shape index (κ1) is 24.5. The van der Waals surface area contributed by atoms with Crippen LogP contribution in [0.2, 0.25) is 0 Å². The monoisotopic (exact) mass is 570 g/mol. The van der Waals surface area contributed by atoms with E-state index in [9.17, 15) is 0 Å². The van der Waals surface area contributed by atoms with Crippen LogP contribution in [0.4, 0.5) is 0 Å². The minimum atomic E-state index is 0.945. The third-order valence-electron chi connectivity index (χ3n) is 9.61. The summed E-state index contributed by atoms with van der Waals surface area (Å²) in [6.07, 6.45) is 0. The molecule has 10 rings (SSSR count). The molecular formula is C44H26O. The highest BCUT2D eigenvalue weighted by Crippen LogP contribution is 2.49. The molecule has 9 aromatic carbocycles. The van der Waals surface area contributed by atoms with Gasteiger partial charge in [-0.15, -0.1) is 0 Å². The quantitative estimate of drug-likeness (QED) is 0.188. The van der Waals surface area contributed by atoms with E-state index in [1.165, 1.54) is 70.7 Å². The second kappa shape index (κ2) is 9.29. The average molecular weight is 571 g/mol. The number of hydrogen-bond acceptors (Lipinski definition) is 1. The van der Waals surface area contributed by atoms with Gasteiger partial charge in [0, 0.05) is 21.5 Å². The SMILES string of the molecule is c1ccc2c(-c3c4ccccc4c(-c4cc5ccccc5c5oc6c7ccccc7ccc6c45)c4ccccc34)cccc2c1. The Labute approximate surface area is 259 Å². The van der Waals surface area contributed by atoms with E-state index in [1.54, 1.807) is 0 Å². The zero-order chi connectivity index (χ0) is 29.5. The van der Waals surface area contributed by atoms with Crippen LogP contribution in [0.5, 0.6) is 0 Å². The molecule has 0 atom stereocenters. The predicted molar refractivity (Wildman–Crippen MR) is 192 cm³/mol. The Hall–Kier alpha value is -5.92. The number of furan rings is 1. The molecule has 1 heteroatoms. The van der Waals surface area contributed by atoms with E-state index in [1.807, 2.05) is 0 Å². The van der Waals surface area contributed by atoms with Crippen LogP contribution in [0.1, 0.15) is 0 Å². The van der Waals surface area contributed by atoms with Crippen molar-refractivity contribution in [1.29, 1.82) is 0 Å². The number of rotatable bonds is 2. The lowest BCUT2D eigenvalue weighted by Gasteiger charge is -2.19. The largest absolute Gasteiger partial charge is 0.455 e. The molecule has 0 bridgehead atoms. The van der Waals surface area contributed by atoms with Crippen molar-refractivity contribution in [3.05, 3.63) is 158 Å². The lowest BCUT2D eigenvalue weighted by Crippen LogP contribution is -1.92. The van der Waals surface area contributed by atoms with Crippen molar-refractivity contribution in [1.82, 2.24) is 0 Å². The first-order chi connectivity index (χ1) is 22.3. The van der Waals surface area contributed by atoms with Gasteiger partial charge in [0.25, 0.3) is 0 Å². The third-order valence-corrected chi connectivity index (χ3v) is 9.61. The third kappa shape index (κ3) is 3.44. The second-order valence-corrected chi connectivity index (χ2v) is 12.0. The van der Waals surface area contributed by atoms with Crippen molar-refractivity contribution in [3.63, 3.8) is 0 Å². The van der Waals surface area contributed by atoms with Crippen LogP contribution in [0.15, 0.2) is 162 Å². The summed E-state index contributed by atoms with van der Waals surface area (Å²) in [4.78, 5) is 0. The van der Waals surface area contributed by atoms with Crippen LogP contribution in [-0.2, 0) is 0 Å². The van der Waals surface area contributed by atoms with Crippen molar-refractivity contribution < 1.29 is 4.42 Å². The zero-order valence-corrected chi connectivity index (χ0v) is 24.4. The van der Waals surface area contributed by atoms with E-state index in [0.717, 1.165) is 27.3 Å². The molecular weight excluding hydrogens is 544 g/mol. The fourth-order valence-corrected chi connectivity index (χ4v) is 7.69. The molecule has 45 heavy (non-hydrogen) atoms. The molecule has 0 spiro atoms. The van der Waals surface area contributed by atoms with Crippen LogP contribution < -0.4 is 0 Å². The Morgan fingerprint density at radius 3 is 1.40 bits per heavy atom. The van der Waals surface area contributed by atoms with E-state index in [2.05, 4.69) is 158 Å². The minimum Gasteiger partial charge on any atom is -0.455 e. The molecule has 10 aromatic rings. The summed E-state index contributed by atoms with van der Waals surface area (Å²) in [5.41, 5.74) is 6.88. The summed E-state index contributed by atoms with van der Waals surface area (Å²) < 4.78 is 6.91. The van der Waals surface area contributed by atoms with Gasteiger partial charge in [-0.1, -0.05) is 146 Å². The Morgan fingerprint density at radius 2 is 0.756 bits per heavy atom. The van der Waals surface area contributed by atoms with E-state index in [0.29, 0.717) is 0 Å².